The Hall–Kier alpha value is -1.92. The van der Waals surface area contributed by atoms with E-state index < -0.39 is 0 Å². The van der Waals surface area contributed by atoms with Crippen LogP contribution in [-0.4, -0.2) is 34.0 Å². The summed E-state index contributed by atoms with van der Waals surface area (Å²) in [5.74, 6) is 0. The van der Waals surface area contributed by atoms with E-state index in [4.69, 9.17) is 9.72 Å². The number of nitrogens with zero attached hydrogens (tertiary/aromatic N) is 4. The molecule has 0 spiro atoms. The zero-order chi connectivity index (χ0) is 16.5. The molecule has 4 rings (SSSR count). The monoisotopic (exact) mass is 342 g/mol. The molecule has 24 heavy (non-hydrogen) atoms. The molecule has 1 aliphatic rings. The van der Waals surface area contributed by atoms with Gasteiger partial charge in [-0.05, 0) is 25.3 Å². The second kappa shape index (κ2) is 6.53. The Labute approximate surface area is 145 Å². The highest BCUT2D eigenvalue weighted by atomic mass is 32.1. The number of anilines is 1. The largest absolute Gasteiger partial charge is 0.372 e. The van der Waals surface area contributed by atoms with Gasteiger partial charge in [-0.2, -0.15) is 5.10 Å². The number of ether oxygens (including phenoxy) is 1. The van der Waals surface area contributed by atoms with E-state index in [0.717, 1.165) is 42.4 Å². The average Bonchev–Trinajstić information content (AvgIpc) is 3.16. The number of benzene rings is 1. The second-order valence-electron chi connectivity index (χ2n) is 6.37. The molecule has 0 aliphatic carbocycles. The molecular weight excluding hydrogens is 320 g/mol. The molecule has 0 saturated carbocycles. The van der Waals surface area contributed by atoms with Gasteiger partial charge in [-0.1, -0.05) is 41.7 Å². The van der Waals surface area contributed by atoms with Gasteiger partial charge in [0.15, 0.2) is 10.8 Å². The lowest BCUT2D eigenvalue weighted by Gasteiger charge is -2.32. The highest BCUT2D eigenvalue weighted by Crippen LogP contribution is 2.32. The lowest BCUT2D eigenvalue weighted by atomic mass is 10.1. The molecule has 3 aromatic rings. The van der Waals surface area contributed by atoms with E-state index in [1.807, 2.05) is 24.7 Å². The van der Waals surface area contributed by atoms with Crippen molar-refractivity contribution < 1.29 is 4.74 Å². The topological polar surface area (TPSA) is 43.2 Å². The van der Waals surface area contributed by atoms with Crippen LogP contribution in [0.2, 0.25) is 0 Å². The lowest BCUT2D eigenvalue weighted by Crippen LogP contribution is -2.39. The van der Waals surface area contributed by atoms with Gasteiger partial charge in [-0.15, -0.1) is 0 Å². The Bertz CT molecular complexity index is 792. The molecule has 1 aliphatic heterocycles. The molecule has 1 atom stereocenters. The minimum Gasteiger partial charge on any atom is -0.372 e. The smallest absolute Gasteiger partial charge is 0.188 e. The molecule has 3 heterocycles. The maximum Gasteiger partial charge on any atom is 0.188 e. The van der Waals surface area contributed by atoms with Gasteiger partial charge < -0.3 is 9.64 Å². The van der Waals surface area contributed by atoms with E-state index in [1.54, 1.807) is 11.3 Å². The summed E-state index contributed by atoms with van der Waals surface area (Å²) in [6, 6.07) is 10.4. The highest BCUT2D eigenvalue weighted by molar-refractivity contribution is 7.22. The van der Waals surface area contributed by atoms with Crippen LogP contribution < -0.4 is 4.90 Å². The molecule has 5 nitrogen and oxygen atoms in total. The van der Waals surface area contributed by atoms with Gasteiger partial charge in [0.05, 0.1) is 23.1 Å². The minimum absolute atomic E-state index is 0.269. The molecule has 2 aromatic heterocycles. The van der Waals surface area contributed by atoms with E-state index in [2.05, 4.69) is 34.3 Å². The summed E-state index contributed by atoms with van der Waals surface area (Å²) in [5.41, 5.74) is 3.28. The number of rotatable bonds is 4. The van der Waals surface area contributed by atoms with Crippen molar-refractivity contribution in [2.75, 3.05) is 18.0 Å². The summed E-state index contributed by atoms with van der Waals surface area (Å²) in [7, 11) is 1.96. The Kier molecular flexibility index (Phi) is 4.24. The Balaban J connectivity index is 1.44. The van der Waals surface area contributed by atoms with Crippen molar-refractivity contribution in [3.8, 4) is 0 Å². The second-order valence-corrected chi connectivity index (χ2v) is 7.34. The predicted octanol–water partition coefficient (Wildman–Crippen LogP) is 3.52. The van der Waals surface area contributed by atoms with Crippen molar-refractivity contribution in [2.24, 2.45) is 7.05 Å². The normalized spacial score (nSPS) is 18.4. The number of aryl methyl sites for hydroxylation is 2. The summed E-state index contributed by atoms with van der Waals surface area (Å²) in [5, 5.41) is 5.53. The van der Waals surface area contributed by atoms with Gasteiger partial charge in [0.2, 0.25) is 0 Å². The Morgan fingerprint density at radius 3 is 2.92 bits per heavy atom. The molecule has 1 fully saturated rings. The SMILES string of the molecule is Cc1nn(C)c2nc(N3CCCC(OCc4ccccc4)C3)sc12. The van der Waals surface area contributed by atoms with Crippen LogP contribution >= 0.6 is 11.3 Å². The summed E-state index contributed by atoms with van der Waals surface area (Å²) in [6.45, 7) is 4.70. The molecular formula is C18H22N4OS. The van der Waals surface area contributed by atoms with Crippen molar-refractivity contribution in [2.45, 2.75) is 32.5 Å². The van der Waals surface area contributed by atoms with Gasteiger partial charge in [0, 0.05) is 20.1 Å². The first-order valence-corrected chi connectivity index (χ1v) is 9.23. The Morgan fingerprint density at radius 2 is 2.12 bits per heavy atom. The van der Waals surface area contributed by atoms with Crippen LogP contribution in [0.3, 0.4) is 0 Å². The molecule has 6 heteroatoms. The summed E-state index contributed by atoms with van der Waals surface area (Å²) in [6.07, 6.45) is 2.53. The highest BCUT2D eigenvalue weighted by Gasteiger charge is 2.24. The van der Waals surface area contributed by atoms with Crippen LogP contribution in [0.25, 0.3) is 10.3 Å². The van der Waals surface area contributed by atoms with Gasteiger partial charge in [-0.25, -0.2) is 9.67 Å². The van der Waals surface area contributed by atoms with Gasteiger partial charge in [0.1, 0.15) is 0 Å². The van der Waals surface area contributed by atoms with E-state index in [-0.39, 0.29) is 6.10 Å². The van der Waals surface area contributed by atoms with Crippen molar-refractivity contribution in [1.29, 1.82) is 0 Å². The zero-order valence-electron chi connectivity index (χ0n) is 14.1. The van der Waals surface area contributed by atoms with Crippen molar-refractivity contribution in [3.05, 3.63) is 41.6 Å². The maximum absolute atomic E-state index is 6.14. The first-order valence-electron chi connectivity index (χ1n) is 8.41. The molecule has 0 amide bonds. The fraction of sp³-hybridized carbons (Fsp3) is 0.444. The summed E-state index contributed by atoms with van der Waals surface area (Å²) < 4.78 is 9.21. The van der Waals surface area contributed by atoms with Crippen LogP contribution in [0.15, 0.2) is 30.3 Å². The van der Waals surface area contributed by atoms with Gasteiger partial charge in [-0.3, -0.25) is 0 Å². The van der Waals surface area contributed by atoms with Crippen LogP contribution in [0, 0.1) is 6.92 Å². The first-order chi connectivity index (χ1) is 11.7. The fourth-order valence-corrected chi connectivity index (χ4v) is 4.31. The molecule has 1 saturated heterocycles. The van der Waals surface area contributed by atoms with E-state index in [1.165, 1.54) is 10.3 Å². The van der Waals surface area contributed by atoms with E-state index >= 15 is 0 Å². The van der Waals surface area contributed by atoms with Crippen molar-refractivity contribution in [3.63, 3.8) is 0 Å². The average molecular weight is 342 g/mol. The molecule has 126 valence electrons. The fourth-order valence-electron chi connectivity index (χ4n) is 3.25. The molecule has 0 bridgehead atoms. The number of hydrogen-bond acceptors (Lipinski definition) is 5. The third-order valence-corrected chi connectivity index (χ3v) is 5.72. The number of thiazole rings is 1. The Morgan fingerprint density at radius 1 is 1.29 bits per heavy atom. The van der Waals surface area contributed by atoms with Crippen LogP contribution in [0.1, 0.15) is 24.1 Å². The molecule has 1 aromatic carbocycles. The maximum atomic E-state index is 6.14. The van der Waals surface area contributed by atoms with Crippen LogP contribution in [0.5, 0.6) is 0 Å². The van der Waals surface area contributed by atoms with Crippen LogP contribution in [-0.2, 0) is 18.4 Å². The van der Waals surface area contributed by atoms with Crippen molar-refractivity contribution in [1.82, 2.24) is 14.8 Å². The molecule has 0 N–H and O–H groups in total. The third-order valence-electron chi connectivity index (χ3n) is 4.51. The third kappa shape index (κ3) is 3.03. The lowest BCUT2D eigenvalue weighted by molar-refractivity contribution is 0.0316. The number of aromatic nitrogens is 3. The molecule has 0 radical (unpaired) electrons. The van der Waals surface area contributed by atoms with E-state index in [0.29, 0.717) is 6.61 Å². The quantitative estimate of drug-likeness (QED) is 0.727. The van der Waals surface area contributed by atoms with Gasteiger partial charge in [0.25, 0.3) is 0 Å². The van der Waals surface area contributed by atoms with Crippen molar-refractivity contribution >= 4 is 26.8 Å². The molecule has 1 unspecified atom stereocenters. The van der Waals surface area contributed by atoms with Crippen LogP contribution in [0.4, 0.5) is 5.13 Å². The number of fused-ring (bicyclic) bond motifs is 1. The minimum atomic E-state index is 0.269. The first kappa shape index (κ1) is 15.6. The standard InChI is InChI=1S/C18H22N4OS/c1-13-16-17(21(2)20-13)19-18(24-16)22-10-6-9-15(11-22)23-12-14-7-4-3-5-8-14/h3-5,7-8,15H,6,9-12H2,1-2H3. The number of hydrogen-bond donors (Lipinski definition) is 0. The summed E-state index contributed by atoms with van der Waals surface area (Å²) >= 11 is 1.74. The predicted molar refractivity (Wildman–Crippen MR) is 97.6 cm³/mol. The summed E-state index contributed by atoms with van der Waals surface area (Å²) in [4.78, 5) is 7.16. The van der Waals surface area contributed by atoms with Gasteiger partial charge >= 0.3 is 0 Å². The number of piperidine rings is 1. The van der Waals surface area contributed by atoms with E-state index in [9.17, 15) is 0 Å². The zero-order valence-corrected chi connectivity index (χ0v) is 14.9.